The smallest absolute Gasteiger partial charge is 0.248 e. The molecule has 1 aliphatic heterocycles. The number of carbonyl (C=O) groups is 1. The van der Waals surface area contributed by atoms with E-state index in [0.29, 0.717) is 6.54 Å². The monoisotopic (exact) mass is 200 g/mol. The molecule has 0 bridgehead atoms. The van der Waals surface area contributed by atoms with Gasteiger partial charge in [0.25, 0.3) is 0 Å². The number of nitrogens with zero attached hydrogens (tertiary/aromatic N) is 1. The zero-order valence-electron chi connectivity index (χ0n) is 8.87. The minimum Gasteiger partial charge on any atom is -0.375 e. The van der Waals surface area contributed by atoms with E-state index in [0.717, 1.165) is 19.4 Å². The van der Waals surface area contributed by atoms with Gasteiger partial charge in [-0.05, 0) is 12.8 Å². The fourth-order valence-electron chi connectivity index (χ4n) is 1.96. The molecule has 0 radical (unpaired) electrons. The molecule has 82 valence electrons. The Kier molecular flexibility index (Phi) is 4.90. The normalized spacial score (nSPS) is 23.3. The van der Waals surface area contributed by atoms with Crippen LogP contribution in [0, 0.1) is 0 Å². The molecule has 4 nitrogen and oxygen atoms in total. The minimum absolute atomic E-state index is 0.0739. The van der Waals surface area contributed by atoms with Crippen molar-refractivity contribution in [1.29, 1.82) is 0 Å². The van der Waals surface area contributed by atoms with E-state index < -0.39 is 0 Å². The molecule has 0 aliphatic carbocycles. The highest BCUT2D eigenvalue weighted by atomic mass is 16.5. The second-order valence-electron chi connectivity index (χ2n) is 3.76. The molecular formula is C10H20N2O2. The van der Waals surface area contributed by atoms with Crippen molar-refractivity contribution < 1.29 is 9.53 Å². The molecule has 1 amide bonds. The highest BCUT2D eigenvalue weighted by molar-refractivity contribution is 5.77. The molecule has 1 heterocycles. The maximum absolute atomic E-state index is 11.7. The van der Waals surface area contributed by atoms with Crippen LogP contribution in [0.3, 0.4) is 0 Å². The van der Waals surface area contributed by atoms with Gasteiger partial charge in [-0.1, -0.05) is 12.8 Å². The van der Waals surface area contributed by atoms with Crippen LogP contribution in [0.1, 0.15) is 25.7 Å². The molecule has 1 saturated heterocycles. The first-order chi connectivity index (χ1) is 6.79. The molecule has 14 heavy (non-hydrogen) atoms. The topological polar surface area (TPSA) is 55.6 Å². The standard InChI is InChI=1S/C10H20N2O2/c1-14-8-10(13)12-6-4-2-3-5-9(12)7-11/h9H,2-8,11H2,1H3. The lowest BCUT2D eigenvalue weighted by molar-refractivity contribution is -0.137. The van der Waals surface area contributed by atoms with Crippen LogP contribution in [0.4, 0.5) is 0 Å². The van der Waals surface area contributed by atoms with E-state index in [4.69, 9.17) is 10.5 Å². The lowest BCUT2D eigenvalue weighted by Gasteiger charge is -2.28. The van der Waals surface area contributed by atoms with Gasteiger partial charge in [0.2, 0.25) is 5.91 Å². The van der Waals surface area contributed by atoms with Gasteiger partial charge in [-0.3, -0.25) is 4.79 Å². The molecule has 4 heteroatoms. The summed E-state index contributed by atoms with van der Waals surface area (Å²) in [7, 11) is 1.55. The molecule has 0 aromatic heterocycles. The Labute approximate surface area is 85.4 Å². The molecule has 0 spiro atoms. The largest absolute Gasteiger partial charge is 0.375 e. The van der Waals surface area contributed by atoms with Crippen molar-refractivity contribution in [3.8, 4) is 0 Å². The van der Waals surface area contributed by atoms with Crippen LogP contribution in [-0.2, 0) is 9.53 Å². The summed E-state index contributed by atoms with van der Waals surface area (Å²) >= 11 is 0. The summed E-state index contributed by atoms with van der Waals surface area (Å²) < 4.78 is 4.86. The first kappa shape index (κ1) is 11.5. The highest BCUT2D eigenvalue weighted by Crippen LogP contribution is 2.16. The molecule has 0 saturated carbocycles. The maximum Gasteiger partial charge on any atom is 0.248 e. The van der Waals surface area contributed by atoms with Crippen LogP contribution in [-0.4, -0.2) is 43.7 Å². The number of likely N-dealkylation sites (tertiary alicyclic amines) is 1. The number of amides is 1. The minimum atomic E-state index is 0.0739. The van der Waals surface area contributed by atoms with E-state index >= 15 is 0 Å². The van der Waals surface area contributed by atoms with Crippen LogP contribution in [0.25, 0.3) is 0 Å². The van der Waals surface area contributed by atoms with Crippen molar-refractivity contribution >= 4 is 5.91 Å². The highest BCUT2D eigenvalue weighted by Gasteiger charge is 2.23. The number of ether oxygens (including phenoxy) is 1. The number of rotatable bonds is 3. The van der Waals surface area contributed by atoms with Crippen LogP contribution >= 0.6 is 0 Å². The maximum atomic E-state index is 11.7. The Morgan fingerprint density at radius 3 is 2.93 bits per heavy atom. The molecule has 1 aliphatic rings. The van der Waals surface area contributed by atoms with Crippen molar-refractivity contribution in [3.63, 3.8) is 0 Å². The van der Waals surface area contributed by atoms with E-state index in [-0.39, 0.29) is 18.6 Å². The van der Waals surface area contributed by atoms with Crippen LogP contribution < -0.4 is 5.73 Å². The third-order valence-electron chi connectivity index (χ3n) is 2.74. The van der Waals surface area contributed by atoms with E-state index in [1.807, 2.05) is 4.90 Å². The number of hydrogen-bond donors (Lipinski definition) is 1. The van der Waals surface area contributed by atoms with Gasteiger partial charge in [-0.25, -0.2) is 0 Å². The molecule has 1 fully saturated rings. The van der Waals surface area contributed by atoms with Gasteiger partial charge >= 0.3 is 0 Å². The zero-order valence-corrected chi connectivity index (χ0v) is 8.87. The average Bonchev–Trinajstić information content (AvgIpc) is 2.42. The summed E-state index contributed by atoms with van der Waals surface area (Å²) in [6.45, 7) is 1.58. The van der Waals surface area contributed by atoms with Gasteiger partial charge in [0.1, 0.15) is 6.61 Å². The van der Waals surface area contributed by atoms with Crippen molar-refractivity contribution in [1.82, 2.24) is 4.90 Å². The molecule has 0 aromatic rings. The second kappa shape index (κ2) is 5.98. The number of methoxy groups -OCH3 is 1. The van der Waals surface area contributed by atoms with Gasteiger partial charge in [0.05, 0.1) is 0 Å². The first-order valence-corrected chi connectivity index (χ1v) is 5.28. The summed E-state index contributed by atoms with van der Waals surface area (Å²) in [5.41, 5.74) is 5.66. The molecule has 2 N–H and O–H groups in total. The van der Waals surface area contributed by atoms with E-state index in [9.17, 15) is 4.79 Å². The SMILES string of the molecule is COCC(=O)N1CCCCCC1CN. The van der Waals surface area contributed by atoms with Crippen molar-refractivity contribution in [2.24, 2.45) is 5.73 Å². The van der Waals surface area contributed by atoms with Gasteiger partial charge in [0, 0.05) is 26.2 Å². The summed E-state index contributed by atoms with van der Waals surface area (Å²) in [4.78, 5) is 13.6. The molecule has 0 aromatic carbocycles. The lowest BCUT2D eigenvalue weighted by atomic mass is 10.1. The predicted octanol–water partition coefficient (Wildman–Crippen LogP) is 0.363. The van der Waals surface area contributed by atoms with Crippen LogP contribution in [0.5, 0.6) is 0 Å². The summed E-state index contributed by atoms with van der Waals surface area (Å²) in [6, 6.07) is 0.222. The first-order valence-electron chi connectivity index (χ1n) is 5.28. The Hall–Kier alpha value is -0.610. The van der Waals surface area contributed by atoms with Gasteiger partial charge in [0.15, 0.2) is 0 Å². The quantitative estimate of drug-likeness (QED) is 0.715. The Balaban J connectivity index is 2.55. The van der Waals surface area contributed by atoms with Gasteiger partial charge < -0.3 is 15.4 Å². The second-order valence-corrected chi connectivity index (χ2v) is 3.76. The Bertz CT molecular complexity index is 185. The van der Waals surface area contributed by atoms with Crippen molar-refractivity contribution in [2.45, 2.75) is 31.7 Å². The molecule has 1 rings (SSSR count). The summed E-state index contributed by atoms with van der Waals surface area (Å²) in [5.74, 6) is 0.0739. The van der Waals surface area contributed by atoms with E-state index in [1.54, 1.807) is 7.11 Å². The molecule has 1 atom stereocenters. The summed E-state index contributed by atoms with van der Waals surface area (Å²) in [6.07, 6.45) is 4.50. The molecular weight excluding hydrogens is 180 g/mol. The Morgan fingerprint density at radius 1 is 1.50 bits per heavy atom. The molecule has 1 unspecified atom stereocenters. The van der Waals surface area contributed by atoms with E-state index in [2.05, 4.69) is 0 Å². The number of nitrogens with two attached hydrogens (primary N) is 1. The van der Waals surface area contributed by atoms with Crippen molar-refractivity contribution in [2.75, 3.05) is 26.8 Å². The predicted molar refractivity (Wildman–Crippen MR) is 54.9 cm³/mol. The lowest BCUT2D eigenvalue weighted by Crippen LogP contribution is -2.45. The number of carbonyl (C=O) groups excluding carboxylic acids is 1. The Morgan fingerprint density at radius 2 is 2.29 bits per heavy atom. The third-order valence-corrected chi connectivity index (χ3v) is 2.74. The summed E-state index contributed by atoms with van der Waals surface area (Å²) in [5, 5.41) is 0. The number of hydrogen-bond acceptors (Lipinski definition) is 3. The average molecular weight is 200 g/mol. The zero-order chi connectivity index (χ0) is 10.4. The van der Waals surface area contributed by atoms with Crippen LogP contribution in [0.15, 0.2) is 0 Å². The van der Waals surface area contributed by atoms with E-state index in [1.165, 1.54) is 12.8 Å². The third kappa shape index (κ3) is 2.96. The van der Waals surface area contributed by atoms with Gasteiger partial charge in [-0.15, -0.1) is 0 Å². The van der Waals surface area contributed by atoms with Crippen molar-refractivity contribution in [3.05, 3.63) is 0 Å². The van der Waals surface area contributed by atoms with Crippen LogP contribution in [0.2, 0.25) is 0 Å². The fourth-order valence-corrected chi connectivity index (χ4v) is 1.96. The van der Waals surface area contributed by atoms with Gasteiger partial charge in [-0.2, -0.15) is 0 Å². The fraction of sp³-hybridized carbons (Fsp3) is 0.900.